The number of fused-ring (bicyclic) bond motifs is 1. The Hall–Kier alpha value is -4.12. The lowest BCUT2D eigenvalue weighted by Crippen LogP contribution is -2.52. The maximum Gasteiger partial charge on any atom is 0.264 e. The third-order valence-electron chi connectivity index (χ3n) is 6.83. The molecule has 11 heteroatoms. The minimum atomic E-state index is -4.34. The smallest absolute Gasteiger partial charge is 0.264 e. The Morgan fingerprint density at radius 2 is 1.60 bits per heavy atom. The van der Waals surface area contributed by atoms with Gasteiger partial charge >= 0.3 is 0 Å². The van der Waals surface area contributed by atoms with Gasteiger partial charge in [0.05, 0.1) is 10.6 Å². The van der Waals surface area contributed by atoms with Crippen molar-refractivity contribution in [3.8, 4) is 11.5 Å². The quantitative estimate of drug-likeness (QED) is 0.338. The van der Waals surface area contributed by atoms with Crippen LogP contribution in [-0.2, 0) is 26.0 Å². The number of amides is 2. The Morgan fingerprint density at radius 1 is 0.929 bits per heavy atom. The fraction of sp³-hybridized carbons (Fsp3) is 0.355. The van der Waals surface area contributed by atoms with Gasteiger partial charge in [0.15, 0.2) is 11.5 Å². The molecule has 1 aliphatic heterocycles. The van der Waals surface area contributed by atoms with Crippen LogP contribution in [0.1, 0.15) is 26.3 Å². The summed E-state index contributed by atoms with van der Waals surface area (Å²) < 4.78 is 53.8. The maximum atomic E-state index is 14.0. The van der Waals surface area contributed by atoms with E-state index in [1.54, 1.807) is 6.92 Å². The first-order valence-electron chi connectivity index (χ1n) is 13.9. The van der Waals surface area contributed by atoms with Crippen LogP contribution in [0.25, 0.3) is 0 Å². The number of benzene rings is 3. The van der Waals surface area contributed by atoms with Crippen molar-refractivity contribution in [1.82, 2.24) is 10.2 Å². The lowest BCUT2D eigenvalue weighted by Gasteiger charge is -2.32. The molecule has 224 valence electrons. The van der Waals surface area contributed by atoms with Gasteiger partial charge in [0.25, 0.3) is 10.0 Å². The molecule has 0 aliphatic carbocycles. The van der Waals surface area contributed by atoms with Gasteiger partial charge in [-0.2, -0.15) is 0 Å². The zero-order chi connectivity index (χ0) is 30.3. The van der Waals surface area contributed by atoms with E-state index in [1.807, 2.05) is 44.2 Å². The van der Waals surface area contributed by atoms with Gasteiger partial charge in [-0.15, -0.1) is 0 Å². The first-order valence-corrected chi connectivity index (χ1v) is 15.3. The third-order valence-corrected chi connectivity index (χ3v) is 8.60. The second-order valence-corrected chi connectivity index (χ2v) is 12.3. The molecule has 4 rings (SSSR count). The maximum absolute atomic E-state index is 14.0. The molecule has 1 aliphatic rings. The number of nitrogens with one attached hydrogen (secondary N) is 1. The summed E-state index contributed by atoms with van der Waals surface area (Å²) in [6.45, 7) is 6.17. The number of carbonyl (C=O) groups excluding carboxylic acids is 2. The number of nitrogens with zero attached hydrogens (tertiary/aromatic N) is 2. The fourth-order valence-electron chi connectivity index (χ4n) is 4.47. The summed E-state index contributed by atoms with van der Waals surface area (Å²) in [6, 6.07) is 17.7. The minimum Gasteiger partial charge on any atom is -0.486 e. The van der Waals surface area contributed by atoms with E-state index < -0.39 is 34.3 Å². The molecule has 0 spiro atoms. The number of carbonyl (C=O) groups is 2. The summed E-state index contributed by atoms with van der Waals surface area (Å²) in [6.07, 6.45) is 0.458. The highest BCUT2D eigenvalue weighted by Crippen LogP contribution is 2.34. The van der Waals surface area contributed by atoms with Crippen LogP contribution in [0.4, 0.5) is 10.1 Å². The molecule has 9 nitrogen and oxygen atoms in total. The van der Waals surface area contributed by atoms with Crippen LogP contribution in [0.2, 0.25) is 0 Å². The lowest BCUT2D eigenvalue weighted by atomic mass is 10.1. The number of ether oxygens (including phenoxy) is 2. The third kappa shape index (κ3) is 7.58. The molecule has 2 amide bonds. The predicted molar refractivity (Wildman–Crippen MR) is 158 cm³/mol. The molecule has 42 heavy (non-hydrogen) atoms. The molecule has 1 N–H and O–H groups in total. The van der Waals surface area contributed by atoms with Crippen molar-refractivity contribution >= 4 is 27.5 Å². The number of hydrogen-bond donors (Lipinski definition) is 1. The zero-order valence-electron chi connectivity index (χ0n) is 24.0. The van der Waals surface area contributed by atoms with Gasteiger partial charge in [-0.3, -0.25) is 13.9 Å². The largest absolute Gasteiger partial charge is 0.486 e. The molecule has 3 aromatic carbocycles. The van der Waals surface area contributed by atoms with Crippen molar-refractivity contribution in [3.63, 3.8) is 0 Å². The number of anilines is 1. The van der Waals surface area contributed by atoms with Crippen molar-refractivity contribution < 1.29 is 31.9 Å². The summed E-state index contributed by atoms with van der Waals surface area (Å²) in [4.78, 5) is 28.2. The molecular formula is C31H36FN3O6S. The molecular weight excluding hydrogens is 561 g/mol. The van der Waals surface area contributed by atoms with Crippen LogP contribution in [0.3, 0.4) is 0 Å². The molecule has 0 fully saturated rings. The first-order chi connectivity index (χ1) is 20.1. The molecule has 0 radical (unpaired) electrons. The molecule has 0 unspecified atom stereocenters. The van der Waals surface area contributed by atoms with Gasteiger partial charge in [0, 0.05) is 19.2 Å². The molecule has 0 saturated carbocycles. The van der Waals surface area contributed by atoms with Crippen LogP contribution < -0.4 is 19.1 Å². The minimum absolute atomic E-state index is 0.0968. The second-order valence-electron chi connectivity index (χ2n) is 10.4. The van der Waals surface area contributed by atoms with Gasteiger partial charge in [-0.05, 0) is 61.2 Å². The van der Waals surface area contributed by atoms with Crippen molar-refractivity contribution in [3.05, 3.63) is 84.2 Å². The molecule has 1 atom stereocenters. The summed E-state index contributed by atoms with van der Waals surface area (Å²) in [5, 5.41) is 2.86. The average Bonchev–Trinajstić information content (AvgIpc) is 2.99. The fourth-order valence-corrected chi connectivity index (χ4v) is 5.90. The monoisotopic (exact) mass is 597 g/mol. The van der Waals surface area contributed by atoms with E-state index in [0.717, 1.165) is 22.0 Å². The molecule has 3 aromatic rings. The number of halogens is 1. The van der Waals surface area contributed by atoms with Gasteiger partial charge in [-0.25, -0.2) is 12.8 Å². The highest BCUT2D eigenvalue weighted by molar-refractivity contribution is 7.92. The Balaban J connectivity index is 1.66. The Morgan fingerprint density at radius 3 is 2.26 bits per heavy atom. The van der Waals surface area contributed by atoms with Crippen molar-refractivity contribution in [2.45, 2.75) is 38.1 Å². The lowest BCUT2D eigenvalue weighted by molar-refractivity contribution is -0.138. The first kappa shape index (κ1) is 30.8. The molecule has 1 heterocycles. The topological polar surface area (TPSA) is 105 Å². The van der Waals surface area contributed by atoms with E-state index in [2.05, 4.69) is 5.32 Å². The molecule has 0 aromatic heterocycles. The van der Waals surface area contributed by atoms with Crippen molar-refractivity contribution in [2.75, 3.05) is 37.2 Å². The highest BCUT2D eigenvalue weighted by Gasteiger charge is 2.33. The van der Waals surface area contributed by atoms with Crippen molar-refractivity contribution in [1.29, 1.82) is 0 Å². The summed E-state index contributed by atoms with van der Waals surface area (Å²) >= 11 is 0. The Bertz CT molecular complexity index is 1480. The van der Waals surface area contributed by atoms with Crippen LogP contribution in [0.5, 0.6) is 11.5 Å². The number of hydrogen-bond acceptors (Lipinski definition) is 6. The van der Waals surface area contributed by atoms with Crippen LogP contribution >= 0.6 is 0 Å². The summed E-state index contributed by atoms with van der Waals surface area (Å²) in [5.41, 5.74) is 1.06. The number of sulfonamides is 1. The van der Waals surface area contributed by atoms with Crippen LogP contribution in [-0.4, -0.2) is 64.0 Å². The standard InChI is InChI=1S/C31H36FN3O6S/c1-22(2)20-33-31(37)23(3)34(16-15-24-7-5-4-6-8-24)30(36)21-35(26-11-9-25(32)10-12-26)42(38,39)27-13-14-28-29(19-27)41-18-17-40-28/h4-14,19,22-23H,15-18,20-21H2,1-3H3,(H,33,37)/t23-/m1/s1. The van der Waals surface area contributed by atoms with Gasteiger partial charge < -0.3 is 19.7 Å². The van der Waals surface area contributed by atoms with E-state index in [1.165, 1.54) is 35.2 Å². The van der Waals surface area contributed by atoms with E-state index in [-0.39, 0.29) is 41.3 Å². The SMILES string of the molecule is CC(C)CNC(=O)[C@@H](C)N(CCc1ccccc1)C(=O)CN(c1ccc(F)cc1)S(=O)(=O)c1ccc2c(c1)OCCO2. The van der Waals surface area contributed by atoms with Gasteiger partial charge in [0.2, 0.25) is 11.8 Å². The van der Waals surface area contributed by atoms with E-state index in [0.29, 0.717) is 25.3 Å². The number of rotatable bonds is 12. The van der Waals surface area contributed by atoms with Crippen LogP contribution in [0.15, 0.2) is 77.7 Å². The van der Waals surface area contributed by atoms with Crippen LogP contribution in [0, 0.1) is 11.7 Å². The van der Waals surface area contributed by atoms with E-state index in [9.17, 15) is 22.4 Å². The highest BCUT2D eigenvalue weighted by atomic mass is 32.2. The summed E-state index contributed by atoms with van der Waals surface area (Å²) in [7, 11) is -4.34. The van der Waals surface area contributed by atoms with Gasteiger partial charge in [0.1, 0.15) is 31.6 Å². The normalized spacial score (nSPS) is 13.4. The molecule has 0 bridgehead atoms. The molecule has 0 saturated heterocycles. The Labute approximate surface area is 246 Å². The average molecular weight is 598 g/mol. The van der Waals surface area contributed by atoms with Gasteiger partial charge in [-0.1, -0.05) is 44.2 Å². The zero-order valence-corrected chi connectivity index (χ0v) is 24.8. The van der Waals surface area contributed by atoms with E-state index in [4.69, 9.17) is 9.47 Å². The second kappa shape index (κ2) is 13.7. The van der Waals surface area contributed by atoms with Crippen molar-refractivity contribution in [2.24, 2.45) is 5.92 Å². The van der Waals surface area contributed by atoms with E-state index >= 15 is 0 Å². The predicted octanol–water partition coefficient (Wildman–Crippen LogP) is 4.02. The summed E-state index contributed by atoms with van der Waals surface area (Å²) in [5.74, 6) is -0.580. The Kier molecular flexibility index (Phi) is 10.1.